The number of benzene rings is 1. The molecule has 2 atom stereocenters. The number of hydrogen-bond acceptors (Lipinski definition) is 9. The Bertz CT molecular complexity index is 1150. The van der Waals surface area contributed by atoms with Gasteiger partial charge in [-0.1, -0.05) is 11.2 Å². The van der Waals surface area contributed by atoms with Crippen molar-refractivity contribution in [3.05, 3.63) is 53.5 Å². The average molecular weight is 514 g/mol. The van der Waals surface area contributed by atoms with Crippen LogP contribution in [0.3, 0.4) is 0 Å². The fourth-order valence-corrected chi connectivity index (χ4v) is 6.58. The van der Waals surface area contributed by atoms with E-state index >= 15 is 0 Å². The molecular formula is C26H31N3O4S2. The molecule has 0 amide bonds. The van der Waals surface area contributed by atoms with Gasteiger partial charge in [-0.2, -0.15) is 0 Å². The van der Waals surface area contributed by atoms with Gasteiger partial charge < -0.3 is 19.6 Å². The van der Waals surface area contributed by atoms with E-state index in [-0.39, 0.29) is 17.8 Å². The molecule has 1 aliphatic rings. The fourth-order valence-electron chi connectivity index (χ4n) is 4.72. The quantitative estimate of drug-likeness (QED) is 0.132. The summed E-state index contributed by atoms with van der Waals surface area (Å²) in [6, 6.07) is 11.7. The van der Waals surface area contributed by atoms with Gasteiger partial charge in [0.05, 0.1) is 35.6 Å². The van der Waals surface area contributed by atoms with Gasteiger partial charge in [0.2, 0.25) is 0 Å². The van der Waals surface area contributed by atoms with Gasteiger partial charge in [-0.3, -0.25) is 9.78 Å². The van der Waals surface area contributed by atoms with Crippen LogP contribution in [0.5, 0.6) is 5.75 Å². The number of oxime groups is 1. The molecule has 0 unspecified atom stereocenters. The summed E-state index contributed by atoms with van der Waals surface area (Å²) in [7, 11) is 3.08. The highest BCUT2D eigenvalue weighted by atomic mass is 32.2. The predicted octanol–water partition coefficient (Wildman–Crippen LogP) is 5.17. The highest BCUT2D eigenvalue weighted by Gasteiger charge is 2.35. The van der Waals surface area contributed by atoms with Crippen LogP contribution in [-0.2, 0) is 9.53 Å². The van der Waals surface area contributed by atoms with Crippen LogP contribution in [0.2, 0.25) is 0 Å². The van der Waals surface area contributed by atoms with Gasteiger partial charge in [0, 0.05) is 36.0 Å². The number of pyridine rings is 1. The van der Waals surface area contributed by atoms with Crippen molar-refractivity contribution in [2.24, 2.45) is 17.0 Å². The molecule has 1 saturated heterocycles. The second-order valence-electron chi connectivity index (χ2n) is 8.59. The Hall–Kier alpha value is -2.62. The van der Waals surface area contributed by atoms with Crippen molar-refractivity contribution in [1.29, 1.82) is 0 Å². The summed E-state index contributed by atoms with van der Waals surface area (Å²) in [5.74, 6) is 1.54. The average Bonchev–Trinajstić information content (AvgIpc) is 3.42. The lowest BCUT2D eigenvalue weighted by molar-refractivity contribution is -0.149. The number of carbonyl (C=O) groups is 1. The molecule has 1 aliphatic heterocycles. The Morgan fingerprint density at radius 2 is 2.20 bits per heavy atom. The van der Waals surface area contributed by atoms with Crippen LogP contribution in [0.25, 0.3) is 10.9 Å². The van der Waals surface area contributed by atoms with Gasteiger partial charge in [-0.05, 0) is 67.4 Å². The SMILES string of the molecule is COC(=O)[C@H]1CN(CCSc2cccs2)CC[C@H]1CCC(=NO)c1ccnc2ccc(OC)cc12. The first-order chi connectivity index (χ1) is 17.1. The van der Waals surface area contributed by atoms with E-state index in [2.05, 4.69) is 32.6 Å². The fraction of sp³-hybridized carbons (Fsp3) is 0.423. The van der Waals surface area contributed by atoms with Crippen LogP contribution in [0.1, 0.15) is 24.8 Å². The smallest absolute Gasteiger partial charge is 0.310 e. The summed E-state index contributed by atoms with van der Waals surface area (Å²) < 4.78 is 11.9. The molecule has 0 bridgehead atoms. The summed E-state index contributed by atoms with van der Waals surface area (Å²) in [6.45, 7) is 2.59. The van der Waals surface area contributed by atoms with E-state index in [9.17, 15) is 10.0 Å². The van der Waals surface area contributed by atoms with E-state index in [1.54, 1.807) is 24.6 Å². The molecule has 4 rings (SSSR count). The molecule has 9 heteroatoms. The minimum absolute atomic E-state index is 0.160. The molecule has 2 aromatic heterocycles. The van der Waals surface area contributed by atoms with E-state index in [0.717, 1.165) is 53.9 Å². The maximum absolute atomic E-state index is 12.7. The molecule has 3 aromatic rings. The van der Waals surface area contributed by atoms with Gasteiger partial charge in [0.1, 0.15) is 5.75 Å². The molecule has 35 heavy (non-hydrogen) atoms. The van der Waals surface area contributed by atoms with Gasteiger partial charge in [0.15, 0.2) is 0 Å². The molecule has 7 nitrogen and oxygen atoms in total. The standard InChI is InChI=1S/C26H31N3O4S2/c1-32-19-6-8-23-21(16-19)20(9-11-27-23)24(28-31)7-5-18-10-12-29(17-22(18)26(30)33-2)13-15-35-25-4-3-14-34-25/h3-4,6,8-9,11,14,16,18,22,31H,5,7,10,12-13,15,17H2,1-2H3/t18-,22+/m1/s1. The highest BCUT2D eigenvalue weighted by molar-refractivity contribution is 8.01. The van der Waals surface area contributed by atoms with Crippen LogP contribution in [0.4, 0.5) is 0 Å². The second-order valence-corrected chi connectivity index (χ2v) is 10.9. The van der Waals surface area contributed by atoms with Crippen molar-refractivity contribution in [2.45, 2.75) is 23.5 Å². The maximum Gasteiger partial charge on any atom is 0.310 e. The van der Waals surface area contributed by atoms with Gasteiger partial charge in [-0.15, -0.1) is 23.1 Å². The molecule has 1 fully saturated rings. The minimum atomic E-state index is -0.185. The summed E-state index contributed by atoms with van der Waals surface area (Å²) in [4.78, 5) is 19.4. The Morgan fingerprint density at radius 1 is 1.31 bits per heavy atom. The third-order valence-corrected chi connectivity index (χ3v) is 8.73. The number of carbonyl (C=O) groups excluding carboxylic acids is 1. The number of fused-ring (bicyclic) bond motifs is 1. The van der Waals surface area contributed by atoms with Crippen molar-refractivity contribution in [2.75, 3.05) is 39.6 Å². The molecule has 3 heterocycles. The molecular weight excluding hydrogens is 482 g/mol. The molecule has 0 spiro atoms. The number of hydrogen-bond donors (Lipinski definition) is 1. The molecule has 1 aromatic carbocycles. The number of methoxy groups -OCH3 is 2. The van der Waals surface area contributed by atoms with Crippen molar-refractivity contribution < 1.29 is 19.5 Å². The molecule has 0 aliphatic carbocycles. The Labute approximate surface area is 214 Å². The van der Waals surface area contributed by atoms with Crippen LogP contribution in [0.15, 0.2) is 57.3 Å². The highest BCUT2D eigenvalue weighted by Crippen LogP contribution is 2.31. The van der Waals surface area contributed by atoms with Crippen molar-refractivity contribution in [3.8, 4) is 5.75 Å². The van der Waals surface area contributed by atoms with Gasteiger partial charge in [0.25, 0.3) is 0 Å². The number of thiophene rings is 1. The van der Waals surface area contributed by atoms with Crippen molar-refractivity contribution in [3.63, 3.8) is 0 Å². The van der Waals surface area contributed by atoms with Crippen LogP contribution in [0, 0.1) is 11.8 Å². The number of nitrogens with zero attached hydrogens (tertiary/aromatic N) is 3. The third-order valence-electron chi connectivity index (χ3n) is 6.62. The topological polar surface area (TPSA) is 84.2 Å². The number of rotatable bonds is 10. The Kier molecular flexibility index (Phi) is 9.01. The summed E-state index contributed by atoms with van der Waals surface area (Å²) in [5.41, 5.74) is 2.23. The van der Waals surface area contributed by atoms with Crippen molar-refractivity contribution in [1.82, 2.24) is 9.88 Å². The largest absolute Gasteiger partial charge is 0.497 e. The first kappa shape index (κ1) is 25.5. The lowest BCUT2D eigenvalue weighted by atomic mass is 9.81. The van der Waals surface area contributed by atoms with E-state index < -0.39 is 0 Å². The Morgan fingerprint density at radius 3 is 2.94 bits per heavy atom. The lowest BCUT2D eigenvalue weighted by Crippen LogP contribution is -2.45. The van der Waals surface area contributed by atoms with E-state index in [4.69, 9.17) is 9.47 Å². The van der Waals surface area contributed by atoms with E-state index in [0.29, 0.717) is 18.7 Å². The number of esters is 1. The minimum Gasteiger partial charge on any atom is -0.497 e. The van der Waals surface area contributed by atoms with Crippen LogP contribution in [-0.4, -0.2) is 66.4 Å². The van der Waals surface area contributed by atoms with Crippen LogP contribution < -0.4 is 4.74 Å². The summed E-state index contributed by atoms with van der Waals surface area (Å²) in [6.07, 6.45) is 3.93. The number of likely N-dealkylation sites (tertiary alicyclic amines) is 1. The normalized spacial score (nSPS) is 19.1. The van der Waals surface area contributed by atoms with E-state index in [1.807, 2.05) is 36.0 Å². The first-order valence-electron chi connectivity index (χ1n) is 11.7. The number of ether oxygens (including phenoxy) is 2. The number of aromatic nitrogens is 1. The monoisotopic (exact) mass is 513 g/mol. The Balaban J connectivity index is 1.41. The van der Waals surface area contributed by atoms with Crippen molar-refractivity contribution >= 4 is 45.7 Å². The van der Waals surface area contributed by atoms with E-state index in [1.165, 1.54) is 11.3 Å². The molecule has 186 valence electrons. The summed E-state index contributed by atoms with van der Waals surface area (Å²) >= 11 is 3.62. The lowest BCUT2D eigenvalue weighted by Gasteiger charge is -2.37. The zero-order chi connectivity index (χ0) is 24.6. The van der Waals surface area contributed by atoms with Gasteiger partial charge >= 0.3 is 5.97 Å². The summed E-state index contributed by atoms with van der Waals surface area (Å²) in [5, 5.41) is 16.5. The first-order valence-corrected chi connectivity index (χ1v) is 13.6. The number of piperidine rings is 1. The zero-order valence-corrected chi connectivity index (χ0v) is 21.7. The predicted molar refractivity (Wildman–Crippen MR) is 141 cm³/mol. The second kappa shape index (κ2) is 12.4. The molecule has 1 N–H and O–H groups in total. The number of thioether (sulfide) groups is 1. The zero-order valence-electron chi connectivity index (χ0n) is 20.1. The van der Waals surface area contributed by atoms with Gasteiger partial charge in [-0.25, -0.2) is 0 Å². The molecule has 0 radical (unpaired) electrons. The third kappa shape index (κ3) is 6.34. The molecule has 0 saturated carbocycles. The maximum atomic E-state index is 12.7. The van der Waals surface area contributed by atoms with Crippen LogP contribution >= 0.6 is 23.1 Å².